The molecule has 4 rings (SSSR count). The van der Waals surface area contributed by atoms with Crippen molar-refractivity contribution >= 4 is 11.8 Å². The summed E-state index contributed by atoms with van der Waals surface area (Å²) in [7, 11) is 3.16. The highest BCUT2D eigenvalue weighted by Gasteiger charge is 2.35. The van der Waals surface area contributed by atoms with Crippen LogP contribution in [-0.2, 0) is 11.3 Å². The van der Waals surface area contributed by atoms with Gasteiger partial charge in [0.05, 0.1) is 27.0 Å². The summed E-state index contributed by atoms with van der Waals surface area (Å²) in [6, 6.07) is 17.2. The van der Waals surface area contributed by atoms with Gasteiger partial charge >= 0.3 is 0 Å². The molecule has 1 aliphatic rings. The van der Waals surface area contributed by atoms with Gasteiger partial charge < -0.3 is 24.1 Å². The minimum Gasteiger partial charge on any atom is -0.497 e. The number of para-hydroxylation sites is 1. The molecule has 0 saturated heterocycles. The largest absolute Gasteiger partial charge is 0.497 e. The number of methoxy groups -OCH3 is 2. The van der Waals surface area contributed by atoms with Crippen molar-refractivity contribution in [1.82, 2.24) is 10.2 Å². The maximum atomic E-state index is 13.8. The van der Waals surface area contributed by atoms with E-state index in [1.54, 1.807) is 32.4 Å². The lowest BCUT2D eigenvalue weighted by Crippen LogP contribution is -2.45. The van der Waals surface area contributed by atoms with E-state index in [9.17, 15) is 9.59 Å². The summed E-state index contributed by atoms with van der Waals surface area (Å²) in [6.07, 6.45) is 5.51. The second kappa shape index (κ2) is 10.9. The van der Waals surface area contributed by atoms with Crippen LogP contribution in [0, 0.1) is 0 Å². The van der Waals surface area contributed by atoms with Crippen LogP contribution < -0.4 is 14.8 Å². The van der Waals surface area contributed by atoms with Crippen molar-refractivity contribution < 1.29 is 23.5 Å². The van der Waals surface area contributed by atoms with Crippen molar-refractivity contribution in [2.75, 3.05) is 14.2 Å². The molecule has 1 fully saturated rings. The number of rotatable bonds is 9. The first kappa shape index (κ1) is 23.4. The Morgan fingerprint density at radius 3 is 2.53 bits per heavy atom. The summed E-state index contributed by atoms with van der Waals surface area (Å²) in [5.74, 6) is 0.802. The second-order valence-corrected chi connectivity index (χ2v) is 8.39. The lowest BCUT2D eigenvalue weighted by molar-refractivity contribution is -0.126. The number of hydrogen-bond donors (Lipinski definition) is 1. The average molecular weight is 463 g/mol. The van der Waals surface area contributed by atoms with E-state index in [1.165, 1.54) is 11.2 Å². The van der Waals surface area contributed by atoms with E-state index in [4.69, 9.17) is 13.9 Å². The van der Waals surface area contributed by atoms with Gasteiger partial charge in [0.1, 0.15) is 17.5 Å². The summed E-state index contributed by atoms with van der Waals surface area (Å²) in [4.78, 5) is 29.0. The zero-order chi connectivity index (χ0) is 23.9. The number of nitrogens with one attached hydrogen (secondary N) is 1. The molecule has 1 aliphatic carbocycles. The van der Waals surface area contributed by atoms with Crippen LogP contribution in [0.3, 0.4) is 0 Å². The van der Waals surface area contributed by atoms with Crippen LogP contribution in [0.5, 0.6) is 11.5 Å². The van der Waals surface area contributed by atoms with Crippen molar-refractivity contribution in [3.05, 3.63) is 83.8 Å². The fraction of sp³-hybridized carbons (Fsp3) is 0.333. The molecule has 0 radical (unpaired) electrons. The number of benzene rings is 2. The number of furan rings is 1. The first-order valence-corrected chi connectivity index (χ1v) is 11.5. The van der Waals surface area contributed by atoms with E-state index >= 15 is 0 Å². The van der Waals surface area contributed by atoms with Gasteiger partial charge in [-0.3, -0.25) is 9.59 Å². The molecule has 0 spiro atoms. The molecule has 7 heteroatoms. The van der Waals surface area contributed by atoms with Gasteiger partial charge in [0.2, 0.25) is 5.91 Å². The quantitative estimate of drug-likeness (QED) is 0.497. The summed E-state index contributed by atoms with van der Waals surface area (Å²) in [6.45, 7) is 0.156. The molecule has 178 valence electrons. The monoisotopic (exact) mass is 462 g/mol. The zero-order valence-corrected chi connectivity index (χ0v) is 19.5. The fourth-order valence-corrected chi connectivity index (χ4v) is 4.47. The Bertz CT molecular complexity index is 1110. The molecule has 1 N–H and O–H groups in total. The Labute approximate surface area is 199 Å². The van der Waals surface area contributed by atoms with Gasteiger partial charge in [-0.25, -0.2) is 0 Å². The minimum absolute atomic E-state index is 0.104. The van der Waals surface area contributed by atoms with Gasteiger partial charge in [0.15, 0.2) is 5.76 Å². The number of amides is 2. The molecule has 1 heterocycles. The Hall–Kier alpha value is -3.74. The standard InChI is InChI=1S/C27H30N2O5/c1-32-22-13-7-10-19(17-22)25(26(30)28-21-11-4-5-12-21)29(27(31)24-15-8-16-34-24)18-20-9-3-6-14-23(20)33-2/h3,6-10,13-17,21,25H,4-5,11-12,18H2,1-2H3,(H,28,30)/t25-/m1/s1. The Kier molecular flexibility index (Phi) is 7.52. The summed E-state index contributed by atoms with van der Waals surface area (Å²) < 4.78 is 16.4. The SMILES string of the molecule is COc1cccc([C@H](C(=O)NC2CCCC2)N(Cc2ccccc2OC)C(=O)c2ccco2)c1. The smallest absolute Gasteiger partial charge is 0.290 e. The minimum atomic E-state index is -0.891. The summed E-state index contributed by atoms with van der Waals surface area (Å²) in [5, 5.41) is 3.17. The van der Waals surface area contributed by atoms with E-state index in [0.29, 0.717) is 17.1 Å². The van der Waals surface area contributed by atoms with E-state index in [0.717, 1.165) is 31.2 Å². The van der Waals surface area contributed by atoms with Crippen molar-refractivity contribution in [3.63, 3.8) is 0 Å². The zero-order valence-electron chi connectivity index (χ0n) is 19.5. The van der Waals surface area contributed by atoms with Crippen molar-refractivity contribution in [2.45, 2.75) is 44.3 Å². The number of carbonyl (C=O) groups is 2. The lowest BCUT2D eigenvalue weighted by atomic mass is 10.0. The first-order valence-electron chi connectivity index (χ1n) is 11.5. The van der Waals surface area contributed by atoms with Crippen LogP contribution >= 0.6 is 0 Å². The van der Waals surface area contributed by atoms with Gasteiger partial charge in [0.25, 0.3) is 5.91 Å². The van der Waals surface area contributed by atoms with Crippen LogP contribution in [0.4, 0.5) is 0 Å². The molecule has 1 aromatic heterocycles. The van der Waals surface area contributed by atoms with Gasteiger partial charge in [-0.1, -0.05) is 43.2 Å². The van der Waals surface area contributed by atoms with E-state index in [1.807, 2.05) is 42.5 Å². The Morgan fingerprint density at radius 2 is 1.82 bits per heavy atom. The molecule has 0 unspecified atom stereocenters. The molecule has 0 aliphatic heterocycles. The van der Waals surface area contributed by atoms with E-state index < -0.39 is 6.04 Å². The lowest BCUT2D eigenvalue weighted by Gasteiger charge is -2.32. The number of hydrogen-bond acceptors (Lipinski definition) is 5. The predicted octanol–water partition coefficient (Wildman–Crippen LogP) is 4.74. The number of nitrogens with zero attached hydrogens (tertiary/aromatic N) is 1. The van der Waals surface area contributed by atoms with Crippen LogP contribution in [0.2, 0.25) is 0 Å². The molecular weight excluding hydrogens is 432 g/mol. The van der Waals surface area contributed by atoms with Crippen molar-refractivity contribution in [3.8, 4) is 11.5 Å². The van der Waals surface area contributed by atoms with Crippen LogP contribution in [0.15, 0.2) is 71.3 Å². The van der Waals surface area contributed by atoms with E-state index in [2.05, 4.69) is 5.32 Å². The van der Waals surface area contributed by atoms with Gasteiger partial charge in [-0.2, -0.15) is 0 Å². The maximum Gasteiger partial charge on any atom is 0.290 e. The molecule has 0 bridgehead atoms. The number of carbonyl (C=O) groups excluding carboxylic acids is 2. The van der Waals surface area contributed by atoms with E-state index in [-0.39, 0.29) is 30.2 Å². The van der Waals surface area contributed by atoms with Gasteiger partial charge in [0, 0.05) is 11.6 Å². The second-order valence-electron chi connectivity index (χ2n) is 8.39. The van der Waals surface area contributed by atoms with Crippen molar-refractivity contribution in [1.29, 1.82) is 0 Å². The molecule has 2 amide bonds. The van der Waals surface area contributed by atoms with Crippen LogP contribution in [0.25, 0.3) is 0 Å². The molecular formula is C27H30N2O5. The molecule has 3 aromatic rings. The third kappa shape index (κ3) is 5.25. The Balaban J connectivity index is 1.78. The van der Waals surface area contributed by atoms with Gasteiger partial charge in [-0.15, -0.1) is 0 Å². The first-order chi connectivity index (χ1) is 16.6. The molecule has 2 aromatic carbocycles. The third-order valence-corrected chi connectivity index (χ3v) is 6.20. The predicted molar refractivity (Wildman–Crippen MR) is 128 cm³/mol. The third-order valence-electron chi connectivity index (χ3n) is 6.20. The van der Waals surface area contributed by atoms with Crippen LogP contribution in [0.1, 0.15) is 53.4 Å². The highest BCUT2D eigenvalue weighted by molar-refractivity contribution is 5.96. The van der Waals surface area contributed by atoms with Crippen LogP contribution in [-0.4, -0.2) is 37.0 Å². The van der Waals surface area contributed by atoms with Crippen molar-refractivity contribution in [2.24, 2.45) is 0 Å². The number of ether oxygens (including phenoxy) is 2. The topological polar surface area (TPSA) is 81.0 Å². The maximum absolute atomic E-state index is 13.8. The average Bonchev–Trinajstić information content (AvgIpc) is 3.58. The Morgan fingerprint density at radius 1 is 1.03 bits per heavy atom. The summed E-state index contributed by atoms with van der Waals surface area (Å²) in [5.41, 5.74) is 1.44. The molecule has 1 atom stereocenters. The van der Waals surface area contributed by atoms with Gasteiger partial charge in [-0.05, 0) is 48.7 Å². The normalized spacial score (nSPS) is 14.4. The molecule has 7 nitrogen and oxygen atoms in total. The molecule has 34 heavy (non-hydrogen) atoms. The fourth-order valence-electron chi connectivity index (χ4n) is 4.47. The highest BCUT2D eigenvalue weighted by atomic mass is 16.5. The highest BCUT2D eigenvalue weighted by Crippen LogP contribution is 2.31. The summed E-state index contributed by atoms with van der Waals surface area (Å²) >= 11 is 0. The molecule has 1 saturated carbocycles.